The fraction of sp³-hybridized carbons (Fsp3) is 0. The average Bonchev–Trinajstić information content (AvgIpc) is 1.63. The van der Waals surface area contributed by atoms with Gasteiger partial charge in [0.1, 0.15) is 0 Å². The minimum atomic E-state index is 0.655. The van der Waals surface area contributed by atoms with Crippen molar-refractivity contribution in [2.24, 2.45) is 0 Å². The molecule has 0 aliphatic heterocycles. The maximum atomic E-state index is 4.91. The maximum absolute atomic E-state index is 4.91. The van der Waals surface area contributed by atoms with Crippen molar-refractivity contribution in [3.8, 4) is 158 Å². The van der Waals surface area contributed by atoms with Crippen molar-refractivity contribution in [1.82, 2.24) is 44.9 Å². The monoisotopic (exact) mass is 1630 g/mol. The molecule has 0 aliphatic rings. The first kappa shape index (κ1) is 74.9. The van der Waals surface area contributed by atoms with Gasteiger partial charge in [-0.25, -0.2) is 44.9 Å². The summed E-state index contributed by atoms with van der Waals surface area (Å²) < 4.78 is 7.90. The summed E-state index contributed by atoms with van der Waals surface area (Å²) in [4.78, 5) is 43.9. The second kappa shape index (κ2) is 33.7. The summed E-state index contributed by atoms with van der Waals surface area (Å²) in [5.41, 5.74) is 20.6. The van der Waals surface area contributed by atoms with E-state index in [9.17, 15) is 0 Å². The maximum Gasteiger partial charge on any atom is 0.164 e. The summed E-state index contributed by atoms with van der Waals surface area (Å²) in [5, 5.41) is 7.87. The molecule has 9 nitrogen and oxygen atoms in total. The standard InChI is InChI=1S/2C39H25N3S.C33H21N3S/c1-3-11-28(12-4-1)37-40-38(29-13-5-2-6-14-29)42-39(41-37)31-16-9-15-30(25-31)26-21-23-27(24-22-26)32-18-10-19-34-33-17-7-8-20-35(33)43-36(32)34;1-3-11-27(12-4-1)37-40-38(28-13-5-2-6-14-28)42-39(41-37)29-23-21-26(22-24-29)30-15-9-16-31(25-30)32-18-10-19-34-33-17-7-8-20-35(33)43-36(32)34;1-3-11-22(12-4-1)31-34-32(23-13-5-2-6-14-23)36-33(35-31)25-16-9-15-24(21-25)26-18-10-19-28-27-17-7-8-20-29(27)37-30(26)28/h2*1-25H;1-21H. The molecule has 0 bridgehead atoms. The highest BCUT2D eigenvalue weighted by molar-refractivity contribution is 7.27. The third-order valence-corrected chi connectivity index (χ3v) is 25.7. The lowest BCUT2D eigenvalue weighted by molar-refractivity contribution is 1.07. The van der Waals surface area contributed by atoms with Gasteiger partial charge in [0.25, 0.3) is 0 Å². The molecular formula is C111H71N9S3. The zero-order chi connectivity index (χ0) is 81.8. The second-order valence-corrected chi connectivity index (χ2v) is 33.0. The number of benzene rings is 17. The van der Waals surface area contributed by atoms with Gasteiger partial charge in [-0.2, -0.15) is 0 Å². The SMILES string of the molecule is c1ccc(-c2nc(-c3ccccc3)nc(-c3ccc(-c4cccc(-c5cccc6c5sc5ccccc56)c4)cc3)n2)cc1.c1ccc(-c2nc(-c3ccccc3)nc(-c3cccc(-c4ccc(-c5cccc6c5sc5ccccc56)cc4)c3)n2)cc1.c1ccc(-c2nc(-c3ccccc3)nc(-c3cccc(-c4cccc5c4sc4ccccc45)c3)n2)cc1. The molecule has 0 amide bonds. The molecule has 12 heteroatoms. The molecule has 6 heterocycles. The summed E-state index contributed by atoms with van der Waals surface area (Å²) in [7, 11) is 0. The molecule has 6 aromatic heterocycles. The highest BCUT2D eigenvalue weighted by Gasteiger charge is 2.20. The third-order valence-electron chi connectivity index (χ3n) is 22.0. The molecule has 0 radical (unpaired) electrons. The van der Waals surface area contributed by atoms with E-state index in [1.807, 2.05) is 216 Å². The van der Waals surface area contributed by atoms with Crippen LogP contribution in [0.3, 0.4) is 0 Å². The van der Waals surface area contributed by atoms with E-state index in [4.69, 9.17) is 44.9 Å². The number of thiophene rings is 3. The van der Waals surface area contributed by atoms with Gasteiger partial charge in [-0.15, -0.1) is 34.0 Å². The van der Waals surface area contributed by atoms with Gasteiger partial charge in [-0.3, -0.25) is 0 Å². The van der Waals surface area contributed by atoms with Gasteiger partial charge < -0.3 is 0 Å². The molecule has 0 aliphatic carbocycles. The zero-order valence-electron chi connectivity index (χ0n) is 66.2. The van der Waals surface area contributed by atoms with Gasteiger partial charge in [0.2, 0.25) is 0 Å². The van der Waals surface area contributed by atoms with Crippen molar-refractivity contribution in [3.63, 3.8) is 0 Å². The molecule has 578 valence electrons. The van der Waals surface area contributed by atoms with Crippen LogP contribution in [0.4, 0.5) is 0 Å². The Balaban J connectivity index is 0.000000114. The summed E-state index contributed by atoms with van der Waals surface area (Å²) >= 11 is 5.57. The van der Waals surface area contributed by atoms with E-state index in [1.54, 1.807) is 0 Å². The zero-order valence-corrected chi connectivity index (χ0v) is 68.7. The third kappa shape index (κ3) is 15.5. The van der Waals surface area contributed by atoms with E-state index in [2.05, 4.69) is 249 Å². The van der Waals surface area contributed by atoms with Crippen LogP contribution in [-0.2, 0) is 0 Å². The van der Waals surface area contributed by atoms with E-state index in [1.165, 1.54) is 93.9 Å². The lowest BCUT2D eigenvalue weighted by Gasteiger charge is -2.10. The lowest BCUT2D eigenvalue weighted by Crippen LogP contribution is -2.00. The highest BCUT2D eigenvalue weighted by atomic mass is 32.1. The first-order chi connectivity index (χ1) is 60.9. The molecule has 0 spiro atoms. The Hall–Kier alpha value is -15.6. The summed E-state index contributed by atoms with van der Waals surface area (Å²) in [6.45, 7) is 0. The Morgan fingerprint density at radius 1 is 0.122 bits per heavy atom. The first-order valence-electron chi connectivity index (χ1n) is 40.8. The molecule has 23 aromatic rings. The summed E-state index contributed by atoms with van der Waals surface area (Å²) in [6.07, 6.45) is 0. The van der Waals surface area contributed by atoms with Crippen molar-refractivity contribution in [3.05, 3.63) is 431 Å². The Kier molecular flexibility index (Phi) is 20.5. The van der Waals surface area contributed by atoms with Crippen LogP contribution < -0.4 is 0 Å². The molecule has 0 atom stereocenters. The van der Waals surface area contributed by atoms with Crippen molar-refractivity contribution in [2.45, 2.75) is 0 Å². The van der Waals surface area contributed by atoms with E-state index in [0.29, 0.717) is 52.4 Å². The van der Waals surface area contributed by atoms with Crippen LogP contribution in [0.1, 0.15) is 0 Å². The van der Waals surface area contributed by atoms with Crippen molar-refractivity contribution in [1.29, 1.82) is 0 Å². The molecule has 0 N–H and O–H groups in total. The Bertz CT molecular complexity index is 7610. The minimum absolute atomic E-state index is 0.655. The van der Waals surface area contributed by atoms with Gasteiger partial charge in [-0.1, -0.05) is 394 Å². The quantitative estimate of drug-likeness (QED) is 0.105. The fourth-order valence-corrected chi connectivity index (χ4v) is 19.6. The van der Waals surface area contributed by atoms with Gasteiger partial charge in [0.05, 0.1) is 0 Å². The molecule has 0 saturated heterocycles. The van der Waals surface area contributed by atoms with E-state index >= 15 is 0 Å². The van der Waals surface area contributed by atoms with Crippen LogP contribution in [0.5, 0.6) is 0 Å². The Morgan fingerprint density at radius 2 is 0.309 bits per heavy atom. The predicted octanol–water partition coefficient (Wildman–Crippen LogP) is 30.1. The average molecular weight is 1630 g/mol. The van der Waals surface area contributed by atoms with Gasteiger partial charge in [0, 0.05) is 111 Å². The number of fused-ring (bicyclic) bond motifs is 9. The van der Waals surface area contributed by atoms with Gasteiger partial charge in [-0.05, 0) is 92.0 Å². The molecule has 0 saturated carbocycles. The molecule has 0 unspecified atom stereocenters. The van der Waals surface area contributed by atoms with Gasteiger partial charge in [0.15, 0.2) is 52.4 Å². The number of rotatable bonds is 14. The van der Waals surface area contributed by atoms with Crippen LogP contribution in [0.25, 0.3) is 219 Å². The molecule has 123 heavy (non-hydrogen) atoms. The predicted molar refractivity (Wildman–Crippen MR) is 514 cm³/mol. The largest absolute Gasteiger partial charge is 0.208 e. The molecule has 17 aromatic carbocycles. The van der Waals surface area contributed by atoms with E-state index < -0.39 is 0 Å². The Labute approximate surface area is 722 Å². The van der Waals surface area contributed by atoms with Crippen molar-refractivity contribution >= 4 is 94.5 Å². The smallest absolute Gasteiger partial charge is 0.164 e. The first-order valence-corrected chi connectivity index (χ1v) is 43.2. The van der Waals surface area contributed by atoms with Crippen LogP contribution in [0.15, 0.2) is 431 Å². The Morgan fingerprint density at radius 3 is 0.610 bits per heavy atom. The summed E-state index contributed by atoms with van der Waals surface area (Å²) in [5.74, 6) is 5.96. The fourth-order valence-electron chi connectivity index (χ4n) is 15.9. The number of aromatic nitrogens is 9. The van der Waals surface area contributed by atoms with E-state index in [0.717, 1.165) is 72.3 Å². The number of nitrogens with zero attached hydrogens (tertiary/aromatic N) is 9. The van der Waals surface area contributed by atoms with Crippen LogP contribution in [0, 0.1) is 0 Å². The topological polar surface area (TPSA) is 116 Å². The van der Waals surface area contributed by atoms with Gasteiger partial charge >= 0.3 is 0 Å². The van der Waals surface area contributed by atoms with Crippen LogP contribution in [-0.4, -0.2) is 44.9 Å². The number of hydrogen-bond acceptors (Lipinski definition) is 12. The van der Waals surface area contributed by atoms with Crippen LogP contribution in [0.2, 0.25) is 0 Å². The number of hydrogen-bond donors (Lipinski definition) is 0. The minimum Gasteiger partial charge on any atom is -0.208 e. The highest BCUT2D eigenvalue weighted by Crippen LogP contribution is 2.45. The summed E-state index contributed by atoms with van der Waals surface area (Å²) in [6, 6.07) is 149. The second-order valence-electron chi connectivity index (χ2n) is 29.9. The molecule has 0 fully saturated rings. The van der Waals surface area contributed by atoms with E-state index in [-0.39, 0.29) is 0 Å². The van der Waals surface area contributed by atoms with Crippen LogP contribution >= 0.6 is 34.0 Å². The van der Waals surface area contributed by atoms with Crippen molar-refractivity contribution < 1.29 is 0 Å². The molecular weight excluding hydrogens is 1560 g/mol. The normalized spacial score (nSPS) is 11.3. The van der Waals surface area contributed by atoms with Crippen molar-refractivity contribution in [2.75, 3.05) is 0 Å². The molecule has 23 rings (SSSR count). The lowest BCUT2D eigenvalue weighted by atomic mass is 9.97.